The van der Waals surface area contributed by atoms with E-state index in [1.807, 2.05) is 24.0 Å². The molecule has 0 radical (unpaired) electrons. The number of H-pyrrole nitrogens is 1. The standard InChI is InChI=1S/C22H26N4O3/c1-2-6-17(13-25(29)14-27)22(28)26-10-5-9-20(26)21-23-18-11-15-7-3-4-8-16(15)12-19(18)24-21/h3-4,7-8,11-12,14,17,20,29H,2,5-6,9-10,13H2,1H3,(H,23,24)/t17-,20+/m1/s1. The molecule has 4 rings (SSSR count). The molecular weight excluding hydrogens is 368 g/mol. The lowest BCUT2D eigenvalue weighted by atomic mass is 10.0. The van der Waals surface area contributed by atoms with Crippen molar-refractivity contribution < 1.29 is 14.8 Å². The maximum atomic E-state index is 13.2. The fourth-order valence-electron chi connectivity index (χ4n) is 4.33. The number of carbonyl (C=O) groups is 2. The summed E-state index contributed by atoms with van der Waals surface area (Å²) in [6.07, 6.45) is 3.53. The number of nitrogens with zero attached hydrogens (tertiary/aromatic N) is 3. The van der Waals surface area contributed by atoms with Crippen LogP contribution in [0.15, 0.2) is 36.4 Å². The Morgan fingerprint density at radius 1 is 1.38 bits per heavy atom. The first kappa shape index (κ1) is 19.4. The second-order valence-corrected chi connectivity index (χ2v) is 7.74. The summed E-state index contributed by atoms with van der Waals surface area (Å²) in [4.78, 5) is 34.1. The summed E-state index contributed by atoms with van der Waals surface area (Å²) in [7, 11) is 0. The molecule has 7 nitrogen and oxygen atoms in total. The highest BCUT2D eigenvalue weighted by Crippen LogP contribution is 2.34. The summed E-state index contributed by atoms with van der Waals surface area (Å²) >= 11 is 0. The molecule has 1 aromatic heterocycles. The van der Waals surface area contributed by atoms with Gasteiger partial charge in [-0.3, -0.25) is 14.8 Å². The van der Waals surface area contributed by atoms with Crippen LogP contribution in [0.5, 0.6) is 0 Å². The van der Waals surface area contributed by atoms with Gasteiger partial charge in [-0.15, -0.1) is 0 Å². The summed E-state index contributed by atoms with van der Waals surface area (Å²) in [5.41, 5.74) is 1.86. The molecule has 0 spiro atoms. The number of fused-ring (bicyclic) bond motifs is 2. The van der Waals surface area contributed by atoms with Crippen molar-refractivity contribution in [2.24, 2.45) is 5.92 Å². The summed E-state index contributed by atoms with van der Waals surface area (Å²) < 4.78 is 0. The number of aromatic amines is 1. The lowest BCUT2D eigenvalue weighted by Crippen LogP contribution is -2.40. The van der Waals surface area contributed by atoms with E-state index in [1.165, 1.54) is 0 Å². The van der Waals surface area contributed by atoms with Gasteiger partial charge in [0, 0.05) is 6.54 Å². The molecule has 1 aliphatic rings. The summed E-state index contributed by atoms with van der Waals surface area (Å²) in [5.74, 6) is 0.358. The third-order valence-electron chi connectivity index (χ3n) is 5.73. The molecule has 2 aromatic carbocycles. The number of hydroxylamine groups is 2. The molecule has 0 bridgehead atoms. The van der Waals surface area contributed by atoms with Crippen molar-refractivity contribution >= 4 is 34.1 Å². The Bertz CT molecular complexity index is 979. The molecule has 2 atom stereocenters. The molecule has 0 saturated carbocycles. The topological polar surface area (TPSA) is 89.5 Å². The number of likely N-dealkylation sites (tertiary alicyclic amines) is 1. The number of aromatic nitrogens is 2. The van der Waals surface area contributed by atoms with Crippen LogP contribution in [0.2, 0.25) is 0 Å². The Morgan fingerprint density at radius 3 is 2.86 bits per heavy atom. The van der Waals surface area contributed by atoms with Gasteiger partial charge in [0.15, 0.2) is 0 Å². The van der Waals surface area contributed by atoms with Gasteiger partial charge in [0.2, 0.25) is 12.3 Å². The first-order chi connectivity index (χ1) is 14.1. The highest BCUT2D eigenvalue weighted by atomic mass is 16.5. The Labute approximate surface area is 169 Å². The Morgan fingerprint density at radius 2 is 2.14 bits per heavy atom. The van der Waals surface area contributed by atoms with Gasteiger partial charge in [0.05, 0.1) is 29.5 Å². The van der Waals surface area contributed by atoms with Crippen LogP contribution in [0.4, 0.5) is 0 Å². The highest BCUT2D eigenvalue weighted by molar-refractivity contribution is 5.95. The van der Waals surface area contributed by atoms with E-state index in [0.717, 1.165) is 46.9 Å². The van der Waals surface area contributed by atoms with Crippen molar-refractivity contribution in [2.75, 3.05) is 13.1 Å². The average Bonchev–Trinajstić information content (AvgIpc) is 3.37. The van der Waals surface area contributed by atoms with Gasteiger partial charge < -0.3 is 9.88 Å². The fourth-order valence-corrected chi connectivity index (χ4v) is 4.33. The van der Waals surface area contributed by atoms with E-state index in [1.54, 1.807) is 0 Å². The third-order valence-corrected chi connectivity index (χ3v) is 5.73. The fraction of sp³-hybridized carbons (Fsp3) is 0.409. The molecule has 7 heteroatoms. The van der Waals surface area contributed by atoms with Gasteiger partial charge in [-0.05, 0) is 42.2 Å². The van der Waals surface area contributed by atoms with Crippen LogP contribution in [-0.4, -0.2) is 50.5 Å². The minimum absolute atomic E-state index is 0.0188. The van der Waals surface area contributed by atoms with E-state index >= 15 is 0 Å². The molecule has 3 aromatic rings. The summed E-state index contributed by atoms with van der Waals surface area (Å²) in [5, 5.41) is 12.4. The van der Waals surface area contributed by atoms with Crippen LogP contribution >= 0.6 is 0 Å². The second kappa shape index (κ2) is 8.21. The van der Waals surface area contributed by atoms with Gasteiger partial charge in [-0.2, -0.15) is 0 Å². The number of benzene rings is 2. The van der Waals surface area contributed by atoms with Crippen LogP contribution in [0.3, 0.4) is 0 Å². The van der Waals surface area contributed by atoms with Crippen LogP contribution in [0.25, 0.3) is 21.8 Å². The van der Waals surface area contributed by atoms with Gasteiger partial charge in [0.25, 0.3) is 0 Å². The first-order valence-corrected chi connectivity index (χ1v) is 10.2. The first-order valence-electron chi connectivity index (χ1n) is 10.2. The van der Waals surface area contributed by atoms with Crippen molar-refractivity contribution in [1.29, 1.82) is 0 Å². The van der Waals surface area contributed by atoms with E-state index < -0.39 is 5.92 Å². The summed E-state index contributed by atoms with van der Waals surface area (Å²) in [6.45, 7) is 2.68. The second-order valence-electron chi connectivity index (χ2n) is 7.74. The van der Waals surface area contributed by atoms with Crippen molar-refractivity contribution in [3.63, 3.8) is 0 Å². The lowest BCUT2D eigenvalue weighted by molar-refractivity contribution is -0.157. The normalized spacial score (nSPS) is 17.7. The maximum Gasteiger partial charge on any atom is 0.233 e. The number of hydrogen-bond donors (Lipinski definition) is 2. The van der Waals surface area contributed by atoms with Gasteiger partial charge >= 0.3 is 0 Å². The van der Waals surface area contributed by atoms with E-state index in [4.69, 9.17) is 4.98 Å². The molecule has 1 aliphatic heterocycles. The van der Waals surface area contributed by atoms with Crippen molar-refractivity contribution in [2.45, 2.75) is 38.6 Å². The SMILES string of the molecule is CCC[C@H](CN(O)C=O)C(=O)N1CCC[C@H]1c1nc2cc3ccccc3cc2[nH]1. The van der Waals surface area contributed by atoms with Gasteiger partial charge in [-0.1, -0.05) is 37.6 Å². The molecule has 1 fully saturated rings. The predicted molar refractivity (Wildman–Crippen MR) is 110 cm³/mol. The molecule has 1 saturated heterocycles. The number of imidazole rings is 1. The smallest absolute Gasteiger partial charge is 0.233 e. The quantitative estimate of drug-likeness (QED) is 0.364. The minimum atomic E-state index is -0.414. The zero-order valence-corrected chi connectivity index (χ0v) is 16.5. The molecule has 0 aliphatic carbocycles. The number of carbonyl (C=O) groups excluding carboxylic acids is 2. The third kappa shape index (κ3) is 3.82. The average molecular weight is 394 g/mol. The predicted octanol–water partition coefficient (Wildman–Crippen LogP) is 3.64. The lowest BCUT2D eigenvalue weighted by Gasteiger charge is -2.28. The zero-order valence-electron chi connectivity index (χ0n) is 16.5. The number of amides is 2. The van der Waals surface area contributed by atoms with Crippen molar-refractivity contribution in [3.05, 3.63) is 42.2 Å². The van der Waals surface area contributed by atoms with E-state index in [-0.39, 0.29) is 18.5 Å². The molecule has 152 valence electrons. The van der Waals surface area contributed by atoms with E-state index in [2.05, 4.69) is 29.2 Å². The van der Waals surface area contributed by atoms with Gasteiger partial charge in [-0.25, -0.2) is 10.0 Å². The van der Waals surface area contributed by atoms with E-state index in [0.29, 0.717) is 24.4 Å². The Hall–Kier alpha value is -2.93. The number of hydrogen-bond acceptors (Lipinski definition) is 4. The van der Waals surface area contributed by atoms with E-state index in [9.17, 15) is 14.8 Å². The van der Waals surface area contributed by atoms with Crippen LogP contribution in [-0.2, 0) is 9.59 Å². The highest BCUT2D eigenvalue weighted by Gasteiger charge is 2.35. The van der Waals surface area contributed by atoms with Crippen LogP contribution in [0, 0.1) is 5.92 Å². The minimum Gasteiger partial charge on any atom is -0.340 e. The van der Waals surface area contributed by atoms with Crippen molar-refractivity contribution in [3.8, 4) is 0 Å². The largest absolute Gasteiger partial charge is 0.340 e. The monoisotopic (exact) mass is 394 g/mol. The van der Waals surface area contributed by atoms with Gasteiger partial charge in [0.1, 0.15) is 5.82 Å². The zero-order chi connectivity index (χ0) is 20.4. The molecule has 0 unspecified atom stereocenters. The molecule has 2 heterocycles. The maximum absolute atomic E-state index is 13.2. The number of nitrogens with one attached hydrogen (secondary N) is 1. The number of rotatable bonds is 7. The Balaban J connectivity index is 1.62. The molecular formula is C22H26N4O3. The summed E-state index contributed by atoms with van der Waals surface area (Å²) in [6, 6.07) is 12.2. The van der Waals surface area contributed by atoms with Crippen LogP contribution < -0.4 is 0 Å². The van der Waals surface area contributed by atoms with Crippen LogP contribution in [0.1, 0.15) is 44.5 Å². The molecule has 2 amide bonds. The van der Waals surface area contributed by atoms with Crippen molar-refractivity contribution in [1.82, 2.24) is 19.9 Å². The Kier molecular flexibility index (Phi) is 5.49. The molecule has 2 N–H and O–H groups in total. The molecule has 29 heavy (non-hydrogen) atoms.